The number of halogens is 3. The predicted octanol–water partition coefficient (Wildman–Crippen LogP) is 5.25. The monoisotopic (exact) mass is 371 g/mol. The van der Waals surface area contributed by atoms with Crippen LogP contribution in [0.3, 0.4) is 0 Å². The molecule has 1 amide bonds. The summed E-state index contributed by atoms with van der Waals surface area (Å²) in [6, 6.07) is 12.2. The summed E-state index contributed by atoms with van der Waals surface area (Å²) in [5.41, 5.74) is 1.44. The van der Waals surface area contributed by atoms with Gasteiger partial charge in [-0.05, 0) is 48.9 Å². The van der Waals surface area contributed by atoms with Crippen molar-refractivity contribution in [2.24, 2.45) is 0 Å². The molecule has 0 aliphatic rings. The van der Waals surface area contributed by atoms with E-state index in [-0.39, 0.29) is 11.9 Å². The third-order valence-electron chi connectivity index (χ3n) is 2.88. The number of hydrogen-bond donors (Lipinski definition) is 1. The van der Waals surface area contributed by atoms with Gasteiger partial charge in [0, 0.05) is 20.1 Å². The fourth-order valence-corrected chi connectivity index (χ4v) is 2.65. The Bertz CT molecular complexity index is 628. The Morgan fingerprint density at radius 1 is 1.15 bits per heavy atom. The summed E-state index contributed by atoms with van der Waals surface area (Å²) in [6.07, 6.45) is 0. The topological polar surface area (TPSA) is 29.1 Å². The lowest BCUT2D eigenvalue weighted by Gasteiger charge is -2.16. The van der Waals surface area contributed by atoms with Crippen LogP contribution in [0.4, 0.5) is 0 Å². The van der Waals surface area contributed by atoms with Crippen LogP contribution in [-0.2, 0) is 0 Å². The highest BCUT2D eigenvalue weighted by molar-refractivity contribution is 9.10. The molecule has 0 unspecified atom stereocenters. The smallest absolute Gasteiger partial charge is 0.251 e. The zero-order valence-corrected chi connectivity index (χ0v) is 13.8. The van der Waals surface area contributed by atoms with Crippen molar-refractivity contribution < 1.29 is 4.79 Å². The number of hydrogen-bond acceptors (Lipinski definition) is 1. The fraction of sp³-hybridized carbons (Fsp3) is 0.133. The van der Waals surface area contributed by atoms with Crippen LogP contribution in [0.25, 0.3) is 0 Å². The van der Waals surface area contributed by atoms with E-state index in [0.29, 0.717) is 15.6 Å². The third-order valence-corrected chi connectivity index (χ3v) is 3.97. The Labute approximate surface area is 136 Å². The molecule has 0 aliphatic carbocycles. The Balaban J connectivity index is 2.12. The second-order valence-corrected chi connectivity index (χ2v) is 6.13. The van der Waals surface area contributed by atoms with Crippen molar-refractivity contribution >= 4 is 45.0 Å². The van der Waals surface area contributed by atoms with Gasteiger partial charge in [0.1, 0.15) is 0 Å². The van der Waals surface area contributed by atoms with E-state index < -0.39 is 0 Å². The van der Waals surface area contributed by atoms with Crippen LogP contribution in [-0.4, -0.2) is 5.91 Å². The summed E-state index contributed by atoms with van der Waals surface area (Å²) >= 11 is 15.3. The molecule has 0 radical (unpaired) electrons. The van der Waals surface area contributed by atoms with Gasteiger partial charge in [-0.3, -0.25) is 4.79 Å². The molecule has 0 saturated carbocycles. The average molecular weight is 373 g/mol. The molecule has 20 heavy (non-hydrogen) atoms. The van der Waals surface area contributed by atoms with Gasteiger partial charge in [0.25, 0.3) is 5.91 Å². The van der Waals surface area contributed by atoms with Crippen LogP contribution in [0.15, 0.2) is 46.9 Å². The summed E-state index contributed by atoms with van der Waals surface area (Å²) in [5, 5.41) is 4.03. The summed E-state index contributed by atoms with van der Waals surface area (Å²) < 4.78 is 0.933. The molecule has 1 atom stereocenters. The maximum absolute atomic E-state index is 12.1. The van der Waals surface area contributed by atoms with Crippen molar-refractivity contribution in [2.45, 2.75) is 13.0 Å². The van der Waals surface area contributed by atoms with E-state index in [0.717, 1.165) is 10.0 Å². The molecule has 2 rings (SSSR count). The molecule has 2 aromatic carbocycles. The quantitative estimate of drug-likeness (QED) is 0.783. The number of rotatable bonds is 3. The van der Waals surface area contributed by atoms with Gasteiger partial charge < -0.3 is 5.32 Å². The van der Waals surface area contributed by atoms with E-state index in [9.17, 15) is 4.79 Å². The lowest BCUT2D eigenvalue weighted by atomic mass is 10.1. The minimum atomic E-state index is -0.198. The summed E-state index contributed by atoms with van der Waals surface area (Å²) in [5.74, 6) is -0.143. The van der Waals surface area contributed by atoms with E-state index in [1.807, 2.05) is 25.1 Å². The average Bonchev–Trinajstić information content (AvgIpc) is 2.39. The van der Waals surface area contributed by atoms with Gasteiger partial charge in [0.2, 0.25) is 0 Å². The van der Waals surface area contributed by atoms with Gasteiger partial charge in [0.05, 0.1) is 6.04 Å². The lowest BCUT2D eigenvalue weighted by molar-refractivity contribution is 0.0940. The summed E-state index contributed by atoms with van der Waals surface area (Å²) in [7, 11) is 0. The second kappa shape index (κ2) is 6.61. The third kappa shape index (κ3) is 3.75. The Morgan fingerprint density at radius 3 is 2.40 bits per heavy atom. The molecule has 0 bridgehead atoms. The van der Waals surface area contributed by atoms with Gasteiger partial charge in [-0.15, -0.1) is 0 Å². The SMILES string of the molecule is C[C@@H](NC(=O)c1ccc(Br)cc1)c1ccc(Cl)cc1Cl. The van der Waals surface area contributed by atoms with Gasteiger partial charge in [-0.25, -0.2) is 0 Å². The maximum Gasteiger partial charge on any atom is 0.251 e. The molecule has 2 nitrogen and oxygen atoms in total. The Kier molecular flexibility index (Phi) is 5.08. The molecule has 104 valence electrons. The normalized spacial score (nSPS) is 12.0. The highest BCUT2D eigenvalue weighted by Gasteiger charge is 2.14. The first kappa shape index (κ1) is 15.4. The van der Waals surface area contributed by atoms with Crippen molar-refractivity contribution in [3.8, 4) is 0 Å². The molecule has 0 spiro atoms. The fourth-order valence-electron chi connectivity index (χ4n) is 1.81. The van der Waals surface area contributed by atoms with Crippen LogP contribution in [0, 0.1) is 0 Å². The van der Waals surface area contributed by atoms with Crippen molar-refractivity contribution in [1.82, 2.24) is 5.32 Å². The zero-order valence-electron chi connectivity index (χ0n) is 10.7. The molecular weight excluding hydrogens is 361 g/mol. The van der Waals surface area contributed by atoms with Crippen LogP contribution in [0.2, 0.25) is 10.0 Å². The van der Waals surface area contributed by atoms with Crippen molar-refractivity contribution in [2.75, 3.05) is 0 Å². The van der Waals surface area contributed by atoms with Gasteiger partial charge in [-0.1, -0.05) is 45.2 Å². The summed E-state index contributed by atoms with van der Waals surface area (Å²) in [6.45, 7) is 1.88. The van der Waals surface area contributed by atoms with Crippen molar-refractivity contribution in [3.05, 3.63) is 68.1 Å². The van der Waals surface area contributed by atoms with E-state index in [1.54, 1.807) is 24.3 Å². The highest BCUT2D eigenvalue weighted by atomic mass is 79.9. The maximum atomic E-state index is 12.1. The van der Waals surface area contributed by atoms with Crippen molar-refractivity contribution in [1.29, 1.82) is 0 Å². The summed E-state index contributed by atoms with van der Waals surface area (Å²) in [4.78, 5) is 12.1. The standard InChI is InChI=1S/C15H12BrCl2NO/c1-9(13-7-6-12(17)8-14(13)18)19-15(20)10-2-4-11(16)5-3-10/h2-9H,1H3,(H,19,20)/t9-/m1/s1. The Hall–Kier alpha value is -1.03. The zero-order chi connectivity index (χ0) is 14.7. The van der Waals surface area contributed by atoms with Crippen molar-refractivity contribution in [3.63, 3.8) is 0 Å². The predicted molar refractivity (Wildman–Crippen MR) is 86.5 cm³/mol. The minimum absolute atomic E-state index is 0.143. The number of nitrogens with one attached hydrogen (secondary N) is 1. The first-order chi connectivity index (χ1) is 9.47. The molecule has 5 heteroatoms. The highest BCUT2D eigenvalue weighted by Crippen LogP contribution is 2.26. The van der Waals surface area contributed by atoms with E-state index in [1.165, 1.54) is 0 Å². The van der Waals surface area contributed by atoms with E-state index in [2.05, 4.69) is 21.2 Å². The first-order valence-electron chi connectivity index (χ1n) is 5.99. The molecule has 2 aromatic rings. The number of amides is 1. The Morgan fingerprint density at radius 2 is 1.80 bits per heavy atom. The van der Waals surface area contributed by atoms with Crippen LogP contribution in [0.1, 0.15) is 28.9 Å². The first-order valence-corrected chi connectivity index (χ1v) is 7.53. The molecule has 0 saturated heterocycles. The van der Waals surface area contributed by atoms with Crippen LogP contribution >= 0.6 is 39.1 Å². The van der Waals surface area contributed by atoms with Crippen LogP contribution < -0.4 is 5.32 Å². The number of carbonyl (C=O) groups is 1. The van der Waals surface area contributed by atoms with Gasteiger partial charge in [-0.2, -0.15) is 0 Å². The molecule has 0 aliphatic heterocycles. The molecule has 0 aromatic heterocycles. The molecule has 0 fully saturated rings. The van der Waals surface area contributed by atoms with Crippen LogP contribution in [0.5, 0.6) is 0 Å². The molecule has 1 N–H and O–H groups in total. The number of benzene rings is 2. The lowest BCUT2D eigenvalue weighted by Crippen LogP contribution is -2.26. The minimum Gasteiger partial charge on any atom is -0.345 e. The largest absolute Gasteiger partial charge is 0.345 e. The number of carbonyl (C=O) groups excluding carboxylic acids is 1. The van der Waals surface area contributed by atoms with Gasteiger partial charge in [0.15, 0.2) is 0 Å². The molecular formula is C15H12BrCl2NO. The van der Waals surface area contributed by atoms with E-state index in [4.69, 9.17) is 23.2 Å². The van der Waals surface area contributed by atoms with Gasteiger partial charge >= 0.3 is 0 Å². The molecule has 0 heterocycles. The van der Waals surface area contributed by atoms with E-state index >= 15 is 0 Å². The second-order valence-electron chi connectivity index (χ2n) is 4.37.